The average molecular weight is 657 g/mol. The summed E-state index contributed by atoms with van der Waals surface area (Å²) < 4.78 is 33.7. The molecule has 2 fully saturated rings. The first kappa shape index (κ1) is 33.3. The van der Waals surface area contributed by atoms with Gasteiger partial charge in [0.15, 0.2) is 11.5 Å². The largest absolute Gasteiger partial charge is 0.493 e. The maximum absolute atomic E-state index is 14.5. The predicted molar refractivity (Wildman–Crippen MR) is 185 cm³/mol. The van der Waals surface area contributed by atoms with Crippen LogP contribution >= 0.6 is 0 Å². The van der Waals surface area contributed by atoms with Crippen molar-refractivity contribution in [3.05, 3.63) is 82.4 Å². The molecule has 9 nitrogen and oxygen atoms in total. The number of aromatic nitrogens is 1. The topological polar surface area (TPSA) is 85.3 Å². The molecular weight excluding hydrogens is 611 g/mol. The molecular formula is C38H45FN4O5. The van der Waals surface area contributed by atoms with Crippen molar-refractivity contribution in [3.63, 3.8) is 0 Å². The lowest BCUT2D eigenvalue weighted by Crippen LogP contribution is -2.48. The Kier molecular flexibility index (Phi) is 10.2. The Labute approximate surface area is 281 Å². The number of aryl methyl sites for hydroxylation is 1. The van der Waals surface area contributed by atoms with Crippen molar-refractivity contribution in [1.82, 2.24) is 19.7 Å². The van der Waals surface area contributed by atoms with Gasteiger partial charge >= 0.3 is 6.09 Å². The van der Waals surface area contributed by atoms with Gasteiger partial charge in [-0.1, -0.05) is 12.5 Å². The van der Waals surface area contributed by atoms with Gasteiger partial charge in [-0.3, -0.25) is 4.79 Å². The highest BCUT2D eigenvalue weighted by Gasteiger charge is 2.30. The number of rotatable bonds is 9. The fourth-order valence-electron chi connectivity index (χ4n) is 7.18. The van der Waals surface area contributed by atoms with Crippen molar-refractivity contribution in [2.75, 3.05) is 46.9 Å². The van der Waals surface area contributed by atoms with Crippen molar-refractivity contribution >= 4 is 29.2 Å². The minimum atomic E-state index is -0.417. The third-order valence-electron chi connectivity index (χ3n) is 9.92. The van der Waals surface area contributed by atoms with Gasteiger partial charge < -0.3 is 33.9 Å². The maximum Gasteiger partial charge on any atom is 0.415 e. The van der Waals surface area contributed by atoms with Crippen molar-refractivity contribution in [1.29, 1.82) is 0 Å². The second kappa shape index (κ2) is 14.7. The zero-order valence-corrected chi connectivity index (χ0v) is 28.3. The summed E-state index contributed by atoms with van der Waals surface area (Å²) in [7, 11) is 4.97. The monoisotopic (exact) mass is 656 g/mol. The quantitative estimate of drug-likeness (QED) is 0.291. The highest BCUT2D eigenvalue weighted by molar-refractivity contribution is 6.06. The second-order valence-electron chi connectivity index (χ2n) is 12.9. The molecule has 0 bridgehead atoms. The van der Waals surface area contributed by atoms with Gasteiger partial charge in [-0.2, -0.15) is 0 Å². The third kappa shape index (κ3) is 7.13. The minimum Gasteiger partial charge on any atom is -0.493 e. The SMILES string of the molecule is COc1cc(/C=C2/C(C)=C(CNC(=O)Cc3cccn3C)c3cc(F)ccc32)cc(OC)c1OC(=O)N1CCC(N2CCCCC2)CC1. The van der Waals surface area contributed by atoms with Crippen molar-refractivity contribution in [2.45, 2.75) is 51.5 Å². The Hall–Kier alpha value is -4.57. The Morgan fingerprint density at radius 2 is 1.67 bits per heavy atom. The lowest BCUT2D eigenvalue weighted by molar-refractivity contribution is -0.120. The Bertz CT molecular complexity index is 1710. The summed E-state index contributed by atoms with van der Waals surface area (Å²) in [5.41, 5.74) is 5.94. The van der Waals surface area contributed by atoms with E-state index in [1.165, 1.54) is 45.6 Å². The number of allylic oxidation sites excluding steroid dienone is 2. The van der Waals surface area contributed by atoms with Crippen LogP contribution in [0.25, 0.3) is 17.2 Å². The number of carbonyl (C=O) groups excluding carboxylic acids is 2. The zero-order chi connectivity index (χ0) is 33.8. The Balaban J connectivity index is 1.20. The molecule has 1 N–H and O–H groups in total. The smallest absolute Gasteiger partial charge is 0.415 e. The number of hydrogen-bond acceptors (Lipinski definition) is 6. The van der Waals surface area contributed by atoms with E-state index in [1.807, 2.05) is 42.9 Å². The number of fused-ring (bicyclic) bond motifs is 1. The molecule has 0 spiro atoms. The van der Waals surface area contributed by atoms with Gasteiger partial charge in [0.1, 0.15) is 5.82 Å². The molecule has 0 radical (unpaired) electrons. The molecule has 0 atom stereocenters. The summed E-state index contributed by atoms with van der Waals surface area (Å²) in [5, 5.41) is 3.02. The van der Waals surface area contributed by atoms with Crippen LogP contribution in [0.4, 0.5) is 9.18 Å². The molecule has 254 valence electrons. The number of ether oxygens (including phenoxy) is 3. The maximum atomic E-state index is 14.5. The molecule has 2 amide bonds. The van der Waals surface area contributed by atoms with E-state index in [-0.39, 0.29) is 30.4 Å². The predicted octanol–water partition coefficient (Wildman–Crippen LogP) is 6.32. The number of amides is 2. The number of nitrogens with one attached hydrogen (secondary N) is 1. The molecule has 3 aromatic rings. The van der Waals surface area contributed by atoms with Crippen LogP contribution in [0.2, 0.25) is 0 Å². The van der Waals surface area contributed by atoms with Crippen LogP contribution in [0, 0.1) is 5.82 Å². The van der Waals surface area contributed by atoms with Gasteiger partial charge in [-0.15, -0.1) is 0 Å². The first-order valence-corrected chi connectivity index (χ1v) is 16.8. The van der Waals surface area contributed by atoms with Gasteiger partial charge in [0.05, 0.1) is 20.6 Å². The molecule has 2 aromatic carbocycles. The first-order chi connectivity index (χ1) is 23.2. The number of likely N-dealkylation sites (tertiary alicyclic amines) is 2. The molecule has 3 aliphatic rings. The lowest BCUT2D eigenvalue weighted by atomic mass is 10.00. The lowest BCUT2D eigenvalue weighted by Gasteiger charge is -2.39. The van der Waals surface area contributed by atoms with Crippen LogP contribution in [0.15, 0.2) is 54.2 Å². The van der Waals surface area contributed by atoms with E-state index in [1.54, 1.807) is 23.1 Å². The molecule has 0 unspecified atom stereocenters. The summed E-state index contributed by atoms with van der Waals surface area (Å²) in [5.74, 6) is 0.502. The van der Waals surface area contributed by atoms with Gasteiger partial charge in [0.2, 0.25) is 11.7 Å². The highest BCUT2D eigenvalue weighted by atomic mass is 19.1. The van der Waals surface area contributed by atoms with Crippen LogP contribution in [0.5, 0.6) is 17.2 Å². The van der Waals surface area contributed by atoms with Crippen LogP contribution in [-0.4, -0.2) is 79.4 Å². The van der Waals surface area contributed by atoms with Crippen LogP contribution in [0.3, 0.4) is 0 Å². The van der Waals surface area contributed by atoms with Crippen molar-refractivity contribution in [2.24, 2.45) is 7.05 Å². The van der Waals surface area contributed by atoms with E-state index in [9.17, 15) is 14.0 Å². The summed E-state index contributed by atoms with van der Waals surface area (Å²) >= 11 is 0. The van der Waals surface area contributed by atoms with Gasteiger partial charge in [-0.25, -0.2) is 9.18 Å². The Morgan fingerprint density at radius 3 is 2.31 bits per heavy atom. The molecule has 2 saturated heterocycles. The summed E-state index contributed by atoms with van der Waals surface area (Å²) in [6, 6.07) is 12.7. The molecule has 2 aliphatic heterocycles. The molecule has 48 heavy (non-hydrogen) atoms. The summed E-state index contributed by atoms with van der Waals surface area (Å²) in [4.78, 5) is 30.4. The number of methoxy groups -OCH3 is 2. The molecule has 10 heteroatoms. The van der Waals surface area contributed by atoms with Crippen LogP contribution < -0.4 is 19.5 Å². The fourth-order valence-corrected chi connectivity index (χ4v) is 7.18. The molecule has 1 aliphatic carbocycles. The van der Waals surface area contributed by atoms with Gasteiger partial charge in [0, 0.05) is 44.6 Å². The highest BCUT2D eigenvalue weighted by Crippen LogP contribution is 2.44. The number of hydrogen-bond donors (Lipinski definition) is 1. The number of benzene rings is 2. The summed E-state index contributed by atoms with van der Waals surface area (Å²) in [6.45, 7) is 5.83. The number of piperidine rings is 2. The summed E-state index contributed by atoms with van der Waals surface area (Å²) in [6.07, 6.45) is 9.41. The van der Waals surface area contributed by atoms with E-state index in [4.69, 9.17) is 14.2 Å². The van der Waals surface area contributed by atoms with E-state index >= 15 is 0 Å². The normalized spacial score (nSPS) is 17.9. The van der Waals surface area contributed by atoms with E-state index in [0.717, 1.165) is 65.0 Å². The van der Waals surface area contributed by atoms with E-state index in [0.29, 0.717) is 30.6 Å². The fraction of sp³-hybridized carbons (Fsp3) is 0.421. The standard InChI is InChI=1S/C38H45FN4O5/c1-25-31(30-11-10-27(39)22-32(30)33(25)24-40-36(44)23-29-9-8-14-41(29)2)19-26-20-34(46-3)37(35(21-26)47-4)48-38(45)43-17-12-28(13-18-43)42-15-6-5-7-16-42/h8-11,14,19-22,28H,5-7,12-13,15-18,23-24H2,1-4H3,(H,40,44)/b31-19-. The van der Waals surface area contributed by atoms with Gasteiger partial charge in [-0.05, 0) is 122 Å². The van der Waals surface area contributed by atoms with Crippen LogP contribution in [-0.2, 0) is 18.3 Å². The van der Waals surface area contributed by atoms with Crippen molar-refractivity contribution in [3.8, 4) is 17.2 Å². The first-order valence-electron chi connectivity index (χ1n) is 16.8. The molecule has 6 rings (SSSR count). The van der Waals surface area contributed by atoms with Crippen LogP contribution in [0.1, 0.15) is 61.4 Å². The van der Waals surface area contributed by atoms with E-state index < -0.39 is 6.09 Å². The van der Waals surface area contributed by atoms with E-state index in [2.05, 4.69) is 10.2 Å². The molecule has 3 heterocycles. The van der Waals surface area contributed by atoms with Crippen molar-refractivity contribution < 1.29 is 28.2 Å². The number of carbonyl (C=O) groups is 2. The Morgan fingerprint density at radius 1 is 0.958 bits per heavy atom. The molecule has 1 aromatic heterocycles. The molecule has 0 saturated carbocycles. The average Bonchev–Trinajstić information content (AvgIpc) is 3.62. The minimum absolute atomic E-state index is 0.113. The third-order valence-corrected chi connectivity index (χ3v) is 9.92. The second-order valence-corrected chi connectivity index (χ2v) is 12.9. The number of nitrogens with zero attached hydrogens (tertiary/aromatic N) is 3. The van der Waals surface area contributed by atoms with Gasteiger partial charge in [0.25, 0.3) is 0 Å². The zero-order valence-electron chi connectivity index (χ0n) is 28.3. The number of halogens is 1.